The second kappa shape index (κ2) is 9.99. The van der Waals surface area contributed by atoms with Crippen molar-refractivity contribution in [2.45, 2.75) is 19.9 Å². The van der Waals surface area contributed by atoms with E-state index in [-0.39, 0.29) is 0 Å². The molecular formula is C14H22BrNO4. The smallest absolute Gasteiger partial charge is 0.175 e. The normalized spacial score (nSPS) is 10.6. The van der Waals surface area contributed by atoms with Gasteiger partial charge >= 0.3 is 0 Å². The molecule has 5 nitrogen and oxygen atoms in total. The van der Waals surface area contributed by atoms with Crippen LogP contribution in [0.2, 0.25) is 0 Å². The van der Waals surface area contributed by atoms with Crippen LogP contribution in [0, 0.1) is 0 Å². The summed E-state index contributed by atoms with van der Waals surface area (Å²) in [7, 11) is 3.27. The molecule has 1 aromatic rings. The monoisotopic (exact) mass is 347 g/mol. The highest BCUT2D eigenvalue weighted by atomic mass is 79.9. The van der Waals surface area contributed by atoms with Crippen molar-refractivity contribution in [2.24, 2.45) is 0 Å². The maximum absolute atomic E-state index is 5.68. The number of halogens is 1. The van der Waals surface area contributed by atoms with E-state index in [4.69, 9.17) is 19.0 Å². The van der Waals surface area contributed by atoms with E-state index >= 15 is 0 Å². The Balaban J connectivity index is 2.62. The lowest BCUT2D eigenvalue weighted by atomic mass is 10.2. The van der Waals surface area contributed by atoms with Crippen LogP contribution in [0.25, 0.3) is 0 Å². The minimum Gasteiger partial charge on any atom is -0.493 e. The minimum absolute atomic E-state index is 0.506. The Morgan fingerprint density at radius 1 is 1.15 bits per heavy atom. The Hall–Kier alpha value is -0.820. The van der Waals surface area contributed by atoms with Crippen molar-refractivity contribution in [3.05, 3.63) is 22.2 Å². The summed E-state index contributed by atoms with van der Waals surface area (Å²) in [6.45, 7) is 4.37. The summed E-state index contributed by atoms with van der Waals surface area (Å²) in [6, 6.07) is 3.92. The van der Waals surface area contributed by atoms with Gasteiger partial charge in [-0.05, 0) is 40.0 Å². The third-order valence-electron chi connectivity index (χ3n) is 2.51. The van der Waals surface area contributed by atoms with Crippen LogP contribution in [-0.4, -0.2) is 34.0 Å². The van der Waals surface area contributed by atoms with Crippen LogP contribution in [-0.2, 0) is 16.1 Å². The van der Waals surface area contributed by atoms with E-state index < -0.39 is 0 Å². The van der Waals surface area contributed by atoms with Gasteiger partial charge in [-0.1, -0.05) is 6.92 Å². The zero-order chi connectivity index (χ0) is 14.8. The molecule has 0 fully saturated rings. The van der Waals surface area contributed by atoms with Crippen molar-refractivity contribution in [3.8, 4) is 11.5 Å². The lowest BCUT2D eigenvalue weighted by Crippen LogP contribution is -2.17. The van der Waals surface area contributed by atoms with E-state index in [1.54, 1.807) is 14.2 Å². The average molecular weight is 348 g/mol. The molecule has 1 aromatic carbocycles. The summed E-state index contributed by atoms with van der Waals surface area (Å²) < 4.78 is 16.8. The summed E-state index contributed by atoms with van der Waals surface area (Å²) >= 11 is 3.51. The van der Waals surface area contributed by atoms with Crippen molar-refractivity contribution in [1.82, 2.24) is 5.48 Å². The van der Waals surface area contributed by atoms with Gasteiger partial charge in [0.2, 0.25) is 0 Å². The highest BCUT2D eigenvalue weighted by Gasteiger charge is 2.11. The predicted octanol–water partition coefficient (Wildman–Crippen LogP) is 2.91. The van der Waals surface area contributed by atoms with E-state index in [2.05, 4.69) is 28.3 Å². The van der Waals surface area contributed by atoms with E-state index in [1.165, 1.54) is 0 Å². The molecule has 0 saturated carbocycles. The van der Waals surface area contributed by atoms with Crippen LogP contribution in [0.1, 0.15) is 18.9 Å². The maximum atomic E-state index is 5.68. The van der Waals surface area contributed by atoms with Gasteiger partial charge in [-0.2, -0.15) is 5.48 Å². The van der Waals surface area contributed by atoms with Gasteiger partial charge in [0, 0.05) is 13.7 Å². The largest absolute Gasteiger partial charge is 0.493 e. The van der Waals surface area contributed by atoms with Crippen LogP contribution in [0.4, 0.5) is 0 Å². The second-order valence-corrected chi connectivity index (χ2v) is 4.97. The molecule has 1 rings (SSSR count). The average Bonchev–Trinajstić information content (AvgIpc) is 2.45. The molecule has 0 aliphatic heterocycles. The fourth-order valence-corrected chi connectivity index (χ4v) is 2.15. The number of benzene rings is 1. The summed E-state index contributed by atoms with van der Waals surface area (Å²) in [5.74, 6) is 1.44. The second-order valence-electron chi connectivity index (χ2n) is 4.12. The first-order valence-electron chi connectivity index (χ1n) is 6.55. The number of ether oxygens (including phenoxy) is 3. The molecule has 0 bridgehead atoms. The third kappa shape index (κ3) is 5.66. The van der Waals surface area contributed by atoms with E-state index in [0.717, 1.165) is 22.2 Å². The molecular weight excluding hydrogens is 326 g/mol. The van der Waals surface area contributed by atoms with E-state index in [0.29, 0.717) is 32.1 Å². The Morgan fingerprint density at radius 3 is 2.60 bits per heavy atom. The van der Waals surface area contributed by atoms with E-state index in [9.17, 15) is 0 Å². The molecule has 114 valence electrons. The number of methoxy groups -OCH3 is 2. The van der Waals surface area contributed by atoms with Gasteiger partial charge in [0.1, 0.15) is 0 Å². The zero-order valence-electron chi connectivity index (χ0n) is 12.2. The molecule has 6 heteroatoms. The molecule has 0 amide bonds. The van der Waals surface area contributed by atoms with Crippen LogP contribution >= 0.6 is 15.9 Å². The van der Waals surface area contributed by atoms with Crippen LogP contribution < -0.4 is 15.0 Å². The molecule has 20 heavy (non-hydrogen) atoms. The van der Waals surface area contributed by atoms with Gasteiger partial charge in [0.25, 0.3) is 0 Å². The summed E-state index contributed by atoms with van der Waals surface area (Å²) in [5.41, 5.74) is 3.92. The number of hydrogen-bond acceptors (Lipinski definition) is 5. The Kier molecular flexibility index (Phi) is 8.60. The summed E-state index contributed by atoms with van der Waals surface area (Å²) in [6.07, 6.45) is 0.951. The predicted molar refractivity (Wildman–Crippen MR) is 81.1 cm³/mol. The quantitative estimate of drug-likeness (QED) is 0.520. The van der Waals surface area contributed by atoms with Gasteiger partial charge in [-0.15, -0.1) is 0 Å². The van der Waals surface area contributed by atoms with Gasteiger partial charge < -0.3 is 14.2 Å². The molecule has 0 atom stereocenters. The standard InChI is InChI=1S/C14H22BrNO4/c1-4-5-19-14-12(15)8-11(9-13(14)18-3)10-16-20-7-6-17-2/h8-9,16H,4-7,10H2,1-3H3. The first-order chi connectivity index (χ1) is 9.72. The molecule has 0 unspecified atom stereocenters. The van der Waals surface area contributed by atoms with Crippen molar-refractivity contribution in [2.75, 3.05) is 34.0 Å². The third-order valence-corrected chi connectivity index (χ3v) is 3.10. The highest BCUT2D eigenvalue weighted by molar-refractivity contribution is 9.10. The zero-order valence-corrected chi connectivity index (χ0v) is 13.8. The molecule has 0 aromatic heterocycles. The molecule has 0 heterocycles. The highest BCUT2D eigenvalue weighted by Crippen LogP contribution is 2.36. The lowest BCUT2D eigenvalue weighted by Gasteiger charge is -2.14. The van der Waals surface area contributed by atoms with Crippen LogP contribution in [0.15, 0.2) is 16.6 Å². The SMILES string of the molecule is CCCOc1c(Br)cc(CNOCCOC)cc1OC. The molecule has 0 aliphatic rings. The molecule has 0 saturated heterocycles. The summed E-state index contributed by atoms with van der Waals surface area (Å²) in [4.78, 5) is 5.22. The van der Waals surface area contributed by atoms with Gasteiger partial charge in [0.15, 0.2) is 11.5 Å². The Bertz CT molecular complexity index is 401. The fraction of sp³-hybridized carbons (Fsp3) is 0.571. The molecule has 0 aliphatic carbocycles. The molecule has 1 N–H and O–H groups in total. The van der Waals surface area contributed by atoms with Gasteiger partial charge in [0.05, 0.1) is 31.4 Å². The fourth-order valence-electron chi connectivity index (χ4n) is 1.55. The number of hydrogen-bond donors (Lipinski definition) is 1. The number of hydroxylamine groups is 1. The van der Waals surface area contributed by atoms with E-state index in [1.807, 2.05) is 12.1 Å². The number of rotatable bonds is 10. The first kappa shape index (κ1) is 17.2. The van der Waals surface area contributed by atoms with Crippen molar-refractivity contribution >= 4 is 15.9 Å². The van der Waals surface area contributed by atoms with Crippen molar-refractivity contribution < 1.29 is 19.0 Å². The minimum atomic E-state index is 0.506. The number of nitrogens with one attached hydrogen (secondary N) is 1. The summed E-state index contributed by atoms with van der Waals surface area (Å²) in [5, 5.41) is 0. The Morgan fingerprint density at radius 2 is 1.95 bits per heavy atom. The first-order valence-corrected chi connectivity index (χ1v) is 7.35. The topological polar surface area (TPSA) is 49.0 Å². The van der Waals surface area contributed by atoms with Crippen molar-refractivity contribution in [1.29, 1.82) is 0 Å². The lowest BCUT2D eigenvalue weighted by molar-refractivity contribution is 0.00343. The Labute approximate surface area is 128 Å². The van der Waals surface area contributed by atoms with Crippen molar-refractivity contribution in [3.63, 3.8) is 0 Å². The molecule has 0 radical (unpaired) electrons. The van der Waals surface area contributed by atoms with Gasteiger partial charge in [-0.3, -0.25) is 4.84 Å². The van der Waals surface area contributed by atoms with Crippen LogP contribution in [0.5, 0.6) is 11.5 Å². The molecule has 0 spiro atoms. The van der Waals surface area contributed by atoms with Crippen LogP contribution in [0.3, 0.4) is 0 Å². The maximum Gasteiger partial charge on any atom is 0.175 e. The van der Waals surface area contributed by atoms with Gasteiger partial charge in [-0.25, -0.2) is 0 Å².